The average Bonchev–Trinajstić information content (AvgIpc) is 2.43. The highest BCUT2D eigenvalue weighted by Gasteiger charge is 2.04. The second-order valence-corrected chi connectivity index (χ2v) is 4.35. The highest BCUT2D eigenvalue weighted by molar-refractivity contribution is 5.75. The molecule has 112 valence electrons. The summed E-state index contributed by atoms with van der Waals surface area (Å²) in [4.78, 5) is 11.4. The molecule has 0 heterocycles. The molecule has 0 aliphatic rings. The first-order valence-electron chi connectivity index (χ1n) is 6.52. The van der Waals surface area contributed by atoms with Gasteiger partial charge in [0.1, 0.15) is 6.61 Å². The van der Waals surface area contributed by atoms with Crippen molar-refractivity contribution in [2.24, 2.45) is 5.73 Å². The number of halogens is 2. The molecule has 1 rings (SSSR count). The zero-order valence-electron chi connectivity index (χ0n) is 11.3. The summed E-state index contributed by atoms with van der Waals surface area (Å²) < 4.78 is 28.2. The first-order valence-corrected chi connectivity index (χ1v) is 6.52. The van der Waals surface area contributed by atoms with Gasteiger partial charge in [-0.2, -0.15) is 0 Å². The normalized spacial score (nSPS) is 10.8. The monoisotopic (exact) mass is 286 g/mol. The smallest absolute Gasteiger partial charge is 0.261 e. The molecule has 0 aliphatic heterocycles. The Kier molecular flexibility index (Phi) is 7.75. The fourth-order valence-electron chi connectivity index (χ4n) is 1.62. The van der Waals surface area contributed by atoms with Gasteiger partial charge in [0.15, 0.2) is 0 Å². The number of rotatable bonds is 9. The van der Waals surface area contributed by atoms with Crippen LogP contribution in [0.25, 0.3) is 0 Å². The summed E-state index contributed by atoms with van der Waals surface area (Å²) in [5.74, 6) is -0.217. The molecule has 0 saturated carbocycles. The first-order chi connectivity index (χ1) is 9.61. The van der Waals surface area contributed by atoms with Crippen LogP contribution in [-0.2, 0) is 22.5 Å². The molecule has 3 N–H and O–H groups in total. The second-order valence-electron chi connectivity index (χ2n) is 4.35. The molecule has 0 spiro atoms. The third kappa shape index (κ3) is 7.16. The van der Waals surface area contributed by atoms with Gasteiger partial charge < -0.3 is 15.8 Å². The third-order valence-electron chi connectivity index (χ3n) is 2.66. The van der Waals surface area contributed by atoms with Gasteiger partial charge in [-0.3, -0.25) is 4.79 Å². The summed E-state index contributed by atoms with van der Waals surface area (Å²) in [6.45, 7) is 0.396. The van der Waals surface area contributed by atoms with Crippen LogP contribution in [0.15, 0.2) is 24.3 Å². The van der Waals surface area contributed by atoms with Gasteiger partial charge in [-0.15, -0.1) is 0 Å². The van der Waals surface area contributed by atoms with Crippen molar-refractivity contribution >= 4 is 5.91 Å². The van der Waals surface area contributed by atoms with Crippen molar-refractivity contribution < 1.29 is 18.3 Å². The van der Waals surface area contributed by atoms with E-state index >= 15 is 0 Å². The van der Waals surface area contributed by atoms with E-state index in [0.29, 0.717) is 13.1 Å². The Hall–Kier alpha value is -1.53. The average molecular weight is 286 g/mol. The number of ether oxygens (including phenoxy) is 1. The standard InChI is InChI=1S/C14H20F2N2O2/c15-13(16)10-20-8-6-14(19)18-9-12-3-1-11(2-4-12)5-7-17/h1-4,13H,5-10,17H2,(H,18,19). The van der Waals surface area contributed by atoms with Gasteiger partial charge in [-0.1, -0.05) is 24.3 Å². The fraction of sp³-hybridized carbons (Fsp3) is 0.500. The van der Waals surface area contributed by atoms with Crippen LogP contribution in [0.5, 0.6) is 0 Å². The van der Waals surface area contributed by atoms with Crippen molar-refractivity contribution in [3.8, 4) is 0 Å². The number of nitrogens with two attached hydrogens (primary N) is 1. The van der Waals surface area contributed by atoms with Gasteiger partial charge in [0.25, 0.3) is 6.43 Å². The predicted molar refractivity (Wildman–Crippen MR) is 72.5 cm³/mol. The molecular weight excluding hydrogens is 266 g/mol. The van der Waals surface area contributed by atoms with Crippen molar-refractivity contribution in [1.29, 1.82) is 0 Å². The minimum absolute atomic E-state index is 0.00557. The lowest BCUT2D eigenvalue weighted by molar-refractivity contribution is -0.122. The van der Waals surface area contributed by atoms with E-state index in [1.165, 1.54) is 0 Å². The van der Waals surface area contributed by atoms with Crippen LogP contribution in [-0.4, -0.2) is 32.1 Å². The Balaban J connectivity index is 2.20. The van der Waals surface area contributed by atoms with E-state index in [4.69, 9.17) is 5.73 Å². The largest absolute Gasteiger partial charge is 0.375 e. The lowest BCUT2D eigenvalue weighted by Crippen LogP contribution is -2.24. The molecule has 4 nitrogen and oxygen atoms in total. The van der Waals surface area contributed by atoms with Gasteiger partial charge in [0.05, 0.1) is 6.61 Å². The lowest BCUT2D eigenvalue weighted by Gasteiger charge is -2.07. The van der Waals surface area contributed by atoms with Crippen molar-refractivity contribution in [2.75, 3.05) is 19.8 Å². The van der Waals surface area contributed by atoms with Crippen molar-refractivity contribution in [3.63, 3.8) is 0 Å². The number of nitrogens with one attached hydrogen (secondary N) is 1. The number of benzene rings is 1. The Bertz CT molecular complexity index is 397. The molecule has 0 aliphatic carbocycles. The number of hydrogen-bond acceptors (Lipinski definition) is 3. The van der Waals surface area contributed by atoms with E-state index in [2.05, 4.69) is 10.1 Å². The lowest BCUT2D eigenvalue weighted by atomic mass is 10.1. The van der Waals surface area contributed by atoms with E-state index in [9.17, 15) is 13.6 Å². The number of alkyl halides is 2. The summed E-state index contributed by atoms with van der Waals surface area (Å²) in [5.41, 5.74) is 7.59. The fourth-order valence-corrected chi connectivity index (χ4v) is 1.62. The molecule has 6 heteroatoms. The predicted octanol–water partition coefficient (Wildman–Crippen LogP) is 1.48. The summed E-state index contributed by atoms with van der Waals surface area (Å²) in [5, 5.41) is 2.71. The van der Waals surface area contributed by atoms with Gasteiger partial charge in [-0.25, -0.2) is 8.78 Å². The molecule has 20 heavy (non-hydrogen) atoms. The van der Waals surface area contributed by atoms with E-state index in [1.807, 2.05) is 24.3 Å². The van der Waals surface area contributed by atoms with Crippen LogP contribution >= 0.6 is 0 Å². The molecule has 0 bridgehead atoms. The van der Waals surface area contributed by atoms with Crippen LogP contribution in [0.4, 0.5) is 8.78 Å². The summed E-state index contributed by atoms with van der Waals surface area (Å²) in [6, 6.07) is 7.80. The SMILES string of the molecule is NCCc1ccc(CNC(=O)CCOCC(F)F)cc1. The maximum atomic E-state index is 11.8. The van der Waals surface area contributed by atoms with Crippen molar-refractivity contribution in [1.82, 2.24) is 5.32 Å². The minimum atomic E-state index is -2.50. The molecule has 0 aromatic heterocycles. The van der Waals surface area contributed by atoms with Gasteiger partial charge in [-0.05, 0) is 24.1 Å². The number of carbonyl (C=O) groups excluding carboxylic acids is 1. The molecule has 1 aromatic rings. The van der Waals surface area contributed by atoms with Crippen LogP contribution in [0.2, 0.25) is 0 Å². The minimum Gasteiger partial charge on any atom is -0.375 e. The highest BCUT2D eigenvalue weighted by Crippen LogP contribution is 2.04. The van der Waals surface area contributed by atoms with Crippen molar-refractivity contribution in [3.05, 3.63) is 35.4 Å². The van der Waals surface area contributed by atoms with E-state index in [-0.39, 0.29) is 18.9 Å². The molecule has 1 aromatic carbocycles. The summed E-state index contributed by atoms with van der Waals surface area (Å²) in [6.07, 6.45) is -1.59. The Morgan fingerprint density at radius 2 is 1.90 bits per heavy atom. The van der Waals surface area contributed by atoms with Crippen LogP contribution in [0.3, 0.4) is 0 Å². The zero-order valence-corrected chi connectivity index (χ0v) is 11.3. The molecule has 0 unspecified atom stereocenters. The van der Waals surface area contributed by atoms with Gasteiger partial charge in [0.2, 0.25) is 5.91 Å². The van der Waals surface area contributed by atoms with Gasteiger partial charge in [0, 0.05) is 13.0 Å². The number of carbonyl (C=O) groups is 1. The van der Waals surface area contributed by atoms with Crippen LogP contribution in [0.1, 0.15) is 17.5 Å². The molecule has 0 saturated heterocycles. The number of hydrogen-bond donors (Lipinski definition) is 2. The van der Waals surface area contributed by atoms with E-state index < -0.39 is 13.0 Å². The van der Waals surface area contributed by atoms with Gasteiger partial charge >= 0.3 is 0 Å². The number of amides is 1. The van der Waals surface area contributed by atoms with Crippen LogP contribution < -0.4 is 11.1 Å². The molecule has 0 atom stereocenters. The maximum Gasteiger partial charge on any atom is 0.261 e. The van der Waals surface area contributed by atoms with Crippen molar-refractivity contribution in [2.45, 2.75) is 25.8 Å². The molecule has 0 radical (unpaired) electrons. The molecular formula is C14H20F2N2O2. The molecule has 0 fully saturated rings. The zero-order chi connectivity index (χ0) is 14.8. The first kappa shape index (κ1) is 16.5. The molecule has 1 amide bonds. The Morgan fingerprint density at radius 3 is 2.50 bits per heavy atom. The quantitative estimate of drug-likeness (QED) is 0.676. The van der Waals surface area contributed by atoms with E-state index in [1.54, 1.807) is 0 Å². The highest BCUT2D eigenvalue weighted by atomic mass is 19.3. The second kappa shape index (κ2) is 9.39. The summed E-state index contributed by atoms with van der Waals surface area (Å²) >= 11 is 0. The van der Waals surface area contributed by atoms with E-state index in [0.717, 1.165) is 17.5 Å². The Morgan fingerprint density at radius 1 is 1.25 bits per heavy atom. The maximum absolute atomic E-state index is 11.8. The topological polar surface area (TPSA) is 64.3 Å². The third-order valence-corrected chi connectivity index (χ3v) is 2.66. The van der Waals surface area contributed by atoms with Crippen LogP contribution in [0, 0.1) is 0 Å². The Labute approximate surface area is 117 Å². The summed E-state index contributed by atoms with van der Waals surface area (Å²) in [7, 11) is 0.